The molecular formula is C12H15F2N3O4. The lowest BCUT2D eigenvalue weighted by Crippen LogP contribution is -2.31. The van der Waals surface area contributed by atoms with Crippen LogP contribution in [0.4, 0.5) is 20.2 Å². The molecule has 0 unspecified atom stereocenters. The van der Waals surface area contributed by atoms with Gasteiger partial charge in [0, 0.05) is 18.2 Å². The first kappa shape index (κ1) is 16.8. The summed E-state index contributed by atoms with van der Waals surface area (Å²) in [6, 6.07) is 3.42. The van der Waals surface area contributed by atoms with E-state index >= 15 is 0 Å². The number of aliphatic hydroxyl groups excluding tert-OH is 1. The standard InChI is InChI=1S/C12H15F2N3O4/c1-2-15-11(19)8-3-4-10(17(20)21)9(5-8)16-6-12(13,14)7-18/h3-5,16,18H,2,6-7H2,1H3,(H,15,19). The second kappa shape index (κ2) is 6.93. The largest absolute Gasteiger partial charge is 0.390 e. The lowest BCUT2D eigenvalue weighted by atomic mass is 10.1. The van der Waals surface area contributed by atoms with Crippen LogP contribution in [0.3, 0.4) is 0 Å². The summed E-state index contributed by atoms with van der Waals surface area (Å²) in [4.78, 5) is 21.7. The van der Waals surface area contributed by atoms with Crippen molar-refractivity contribution in [1.29, 1.82) is 0 Å². The number of aliphatic hydroxyl groups is 1. The third-order valence-electron chi connectivity index (χ3n) is 2.56. The first-order chi connectivity index (χ1) is 9.80. The Balaban J connectivity index is 3.04. The van der Waals surface area contributed by atoms with Crippen molar-refractivity contribution in [3.8, 4) is 0 Å². The third-order valence-corrected chi connectivity index (χ3v) is 2.56. The molecule has 116 valence electrons. The van der Waals surface area contributed by atoms with E-state index in [9.17, 15) is 23.7 Å². The Labute approximate surface area is 119 Å². The SMILES string of the molecule is CCNC(=O)c1ccc([N+](=O)[O-])c(NCC(F)(F)CO)c1. The molecule has 1 rings (SSSR count). The van der Waals surface area contributed by atoms with Crippen molar-refractivity contribution in [2.75, 3.05) is 25.0 Å². The number of halogens is 2. The van der Waals surface area contributed by atoms with E-state index in [-0.39, 0.29) is 11.3 Å². The Bertz CT molecular complexity index is 537. The van der Waals surface area contributed by atoms with Gasteiger partial charge in [0.05, 0.1) is 11.5 Å². The summed E-state index contributed by atoms with van der Waals surface area (Å²) in [5, 5.41) is 24.0. The lowest BCUT2D eigenvalue weighted by Gasteiger charge is -2.15. The molecule has 0 aliphatic rings. The molecule has 0 saturated heterocycles. The number of anilines is 1. The number of alkyl halides is 2. The molecule has 0 radical (unpaired) electrons. The molecule has 1 aromatic rings. The molecule has 0 aliphatic heterocycles. The van der Waals surface area contributed by atoms with Gasteiger partial charge in [0.1, 0.15) is 12.3 Å². The maximum Gasteiger partial charge on any atom is 0.292 e. The first-order valence-corrected chi connectivity index (χ1v) is 6.10. The number of nitro benzene ring substituents is 1. The third kappa shape index (κ3) is 4.63. The number of hydrogen-bond donors (Lipinski definition) is 3. The Hall–Kier alpha value is -2.29. The van der Waals surface area contributed by atoms with Crippen LogP contribution in [-0.4, -0.2) is 41.6 Å². The van der Waals surface area contributed by atoms with Crippen LogP contribution < -0.4 is 10.6 Å². The molecule has 0 fully saturated rings. The van der Waals surface area contributed by atoms with Crippen LogP contribution in [0.1, 0.15) is 17.3 Å². The molecule has 1 aromatic carbocycles. The fourth-order valence-corrected chi connectivity index (χ4v) is 1.52. The van der Waals surface area contributed by atoms with Crippen LogP contribution in [0.15, 0.2) is 18.2 Å². The second-order valence-corrected chi connectivity index (χ2v) is 4.22. The Morgan fingerprint density at radius 1 is 1.48 bits per heavy atom. The number of nitro groups is 1. The fourth-order valence-electron chi connectivity index (χ4n) is 1.52. The van der Waals surface area contributed by atoms with Crippen molar-refractivity contribution in [2.45, 2.75) is 12.8 Å². The van der Waals surface area contributed by atoms with Crippen LogP contribution in [0.2, 0.25) is 0 Å². The molecule has 21 heavy (non-hydrogen) atoms. The van der Waals surface area contributed by atoms with Gasteiger partial charge < -0.3 is 15.7 Å². The molecule has 0 spiro atoms. The van der Waals surface area contributed by atoms with Crippen LogP contribution in [0.25, 0.3) is 0 Å². The Kier molecular flexibility index (Phi) is 5.53. The van der Waals surface area contributed by atoms with E-state index in [0.717, 1.165) is 12.1 Å². The predicted octanol–water partition coefficient (Wildman–Crippen LogP) is 1.38. The van der Waals surface area contributed by atoms with Crippen molar-refractivity contribution in [1.82, 2.24) is 5.32 Å². The number of carbonyl (C=O) groups is 1. The molecule has 0 bridgehead atoms. The number of carbonyl (C=O) groups excluding carboxylic acids is 1. The minimum absolute atomic E-state index is 0.109. The zero-order chi connectivity index (χ0) is 16.0. The summed E-state index contributed by atoms with van der Waals surface area (Å²) in [7, 11) is 0. The van der Waals surface area contributed by atoms with E-state index in [4.69, 9.17) is 5.11 Å². The molecule has 1 amide bonds. The molecule has 0 saturated carbocycles. The summed E-state index contributed by atoms with van der Waals surface area (Å²) in [5.74, 6) is -3.89. The van der Waals surface area contributed by atoms with Crippen LogP contribution in [-0.2, 0) is 0 Å². The van der Waals surface area contributed by atoms with Gasteiger partial charge in [-0.15, -0.1) is 0 Å². The molecule has 9 heteroatoms. The van der Waals surface area contributed by atoms with Gasteiger partial charge >= 0.3 is 0 Å². The van der Waals surface area contributed by atoms with E-state index in [1.54, 1.807) is 6.92 Å². The minimum atomic E-state index is -3.42. The van der Waals surface area contributed by atoms with Gasteiger partial charge in [0.25, 0.3) is 17.5 Å². The molecule has 0 aromatic heterocycles. The number of nitrogens with zero attached hydrogens (tertiary/aromatic N) is 1. The van der Waals surface area contributed by atoms with E-state index in [1.165, 1.54) is 6.07 Å². The van der Waals surface area contributed by atoms with E-state index in [0.29, 0.717) is 6.54 Å². The van der Waals surface area contributed by atoms with E-state index in [1.807, 2.05) is 0 Å². The van der Waals surface area contributed by atoms with Gasteiger partial charge in [0.2, 0.25) is 0 Å². The van der Waals surface area contributed by atoms with Crippen molar-refractivity contribution >= 4 is 17.3 Å². The molecule has 0 heterocycles. The molecular weight excluding hydrogens is 288 g/mol. The number of hydrogen-bond acceptors (Lipinski definition) is 5. The van der Waals surface area contributed by atoms with Gasteiger partial charge in [-0.05, 0) is 19.1 Å². The zero-order valence-corrected chi connectivity index (χ0v) is 11.2. The molecule has 0 aliphatic carbocycles. The highest BCUT2D eigenvalue weighted by Gasteiger charge is 2.28. The van der Waals surface area contributed by atoms with Crippen molar-refractivity contribution in [2.24, 2.45) is 0 Å². The van der Waals surface area contributed by atoms with Crippen LogP contribution in [0.5, 0.6) is 0 Å². The van der Waals surface area contributed by atoms with Crippen molar-refractivity contribution in [3.63, 3.8) is 0 Å². The van der Waals surface area contributed by atoms with Gasteiger partial charge in [-0.3, -0.25) is 14.9 Å². The summed E-state index contributed by atoms with van der Waals surface area (Å²) in [5.41, 5.74) is -0.536. The van der Waals surface area contributed by atoms with Crippen LogP contribution >= 0.6 is 0 Å². The quantitative estimate of drug-likeness (QED) is 0.521. The lowest BCUT2D eigenvalue weighted by molar-refractivity contribution is -0.384. The molecule has 0 atom stereocenters. The summed E-state index contributed by atoms with van der Waals surface area (Å²) in [6.45, 7) is -0.307. The van der Waals surface area contributed by atoms with Crippen molar-refractivity contribution < 1.29 is 23.6 Å². The minimum Gasteiger partial charge on any atom is -0.390 e. The maximum atomic E-state index is 13.0. The number of nitrogens with one attached hydrogen (secondary N) is 2. The van der Waals surface area contributed by atoms with E-state index < -0.39 is 35.6 Å². The highest BCUT2D eigenvalue weighted by atomic mass is 19.3. The molecule has 7 nitrogen and oxygen atoms in total. The fraction of sp³-hybridized carbons (Fsp3) is 0.417. The smallest absolute Gasteiger partial charge is 0.292 e. The maximum absolute atomic E-state index is 13.0. The predicted molar refractivity (Wildman–Crippen MR) is 71.6 cm³/mol. The van der Waals surface area contributed by atoms with Gasteiger partial charge in [0.15, 0.2) is 0 Å². The van der Waals surface area contributed by atoms with E-state index in [2.05, 4.69) is 10.6 Å². The number of amides is 1. The number of benzene rings is 1. The molecule has 3 N–H and O–H groups in total. The zero-order valence-electron chi connectivity index (χ0n) is 11.2. The van der Waals surface area contributed by atoms with Gasteiger partial charge in [-0.1, -0.05) is 0 Å². The Morgan fingerprint density at radius 3 is 2.67 bits per heavy atom. The van der Waals surface area contributed by atoms with Crippen LogP contribution in [0, 0.1) is 10.1 Å². The monoisotopic (exact) mass is 303 g/mol. The van der Waals surface area contributed by atoms with Crippen molar-refractivity contribution in [3.05, 3.63) is 33.9 Å². The van der Waals surface area contributed by atoms with Gasteiger partial charge in [-0.25, -0.2) is 8.78 Å². The first-order valence-electron chi connectivity index (χ1n) is 6.10. The second-order valence-electron chi connectivity index (χ2n) is 4.22. The normalized spacial score (nSPS) is 11.0. The van der Waals surface area contributed by atoms with Gasteiger partial charge in [-0.2, -0.15) is 0 Å². The summed E-state index contributed by atoms with van der Waals surface area (Å²) < 4.78 is 26.0. The average molecular weight is 303 g/mol. The summed E-state index contributed by atoms with van der Waals surface area (Å²) >= 11 is 0. The number of rotatable bonds is 7. The Morgan fingerprint density at radius 2 is 2.14 bits per heavy atom. The average Bonchev–Trinajstić information content (AvgIpc) is 2.45. The topological polar surface area (TPSA) is 104 Å². The summed E-state index contributed by atoms with van der Waals surface area (Å²) in [6.07, 6.45) is 0. The highest BCUT2D eigenvalue weighted by molar-refractivity contribution is 5.95. The highest BCUT2D eigenvalue weighted by Crippen LogP contribution is 2.26.